The van der Waals surface area contributed by atoms with Gasteiger partial charge in [-0.1, -0.05) is 19.9 Å². The Kier molecular flexibility index (Phi) is 7.09. The third-order valence-electron chi connectivity index (χ3n) is 3.10. The van der Waals surface area contributed by atoms with Crippen LogP contribution < -0.4 is 15.4 Å². The Hall–Kier alpha value is -1.55. The summed E-state index contributed by atoms with van der Waals surface area (Å²) in [6.45, 7) is 9.19. The van der Waals surface area contributed by atoms with Crippen molar-refractivity contribution < 1.29 is 9.53 Å². The minimum atomic E-state index is -0.0458. The summed E-state index contributed by atoms with van der Waals surface area (Å²) in [5.41, 5.74) is 1.85. The van der Waals surface area contributed by atoms with Gasteiger partial charge < -0.3 is 15.4 Å². The van der Waals surface area contributed by atoms with Crippen molar-refractivity contribution in [3.8, 4) is 5.75 Å². The average Bonchev–Trinajstić information content (AvgIpc) is 2.44. The van der Waals surface area contributed by atoms with Crippen LogP contribution in [0.3, 0.4) is 0 Å². The van der Waals surface area contributed by atoms with E-state index in [2.05, 4.69) is 31.4 Å². The van der Waals surface area contributed by atoms with Crippen molar-refractivity contribution in [2.24, 2.45) is 0 Å². The number of amides is 1. The van der Waals surface area contributed by atoms with Gasteiger partial charge in [0, 0.05) is 6.04 Å². The minimum Gasteiger partial charge on any atom is -0.491 e. The van der Waals surface area contributed by atoms with E-state index >= 15 is 0 Å². The van der Waals surface area contributed by atoms with Crippen LogP contribution >= 0.6 is 0 Å². The normalized spacial score (nSPS) is 12.0. The van der Waals surface area contributed by atoms with Gasteiger partial charge in [-0.05, 0) is 44.4 Å². The van der Waals surface area contributed by atoms with Crippen LogP contribution in [0.1, 0.15) is 39.2 Å². The lowest BCUT2D eigenvalue weighted by molar-refractivity contribution is -0.115. The molecule has 0 spiro atoms. The van der Waals surface area contributed by atoms with Crippen molar-refractivity contribution >= 4 is 11.6 Å². The second-order valence-electron chi connectivity index (χ2n) is 5.09. The van der Waals surface area contributed by atoms with E-state index in [4.69, 9.17) is 4.74 Å². The Morgan fingerprint density at radius 1 is 1.35 bits per heavy atom. The van der Waals surface area contributed by atoms with E-state index in [0.29, 0.717) is 19.2 Å². The van der Waals surface area contributed by atoms with E-state index in [-0.39, 0.29) is 5.91 Å². The average molecular weight is 278 g/mol. The molecule has 1 unspecified atom stereocenters. The van der Waals surface area contributed by atoms with Crippen molar-refractivity contribution in [3.63, 3.8) is 0 Å². The molecule has 20 heavy (non-hydrogen) atoms. The number of aryl methyl sites for hydroxylation is 1. The zero-order valence-electron chi connectivity index (χ0n) is 13.0. The molecule has 2 N–H and O–H groups in total. The molecular formula is C16H26N2O2. The molecule has 0 fully saturated rings. The summed E-state index contributed by atoms with van der Waals surface area (Å²) < 4.78 is 5.68. The zero-order chi connectivity index (χ0) is 15.0. The summed E-state index contributed by atoms with van der Waals surface area (Å²) in [7, 11) is 0. The molecule has 1 atom stereocenters. The number of ether oxygens (including phenoxy) is 1. The summed E-state index contributed by atoms with van der Waals surface area (Å²) in [6.07, 6.45) is 1.94. The molecule has 4 nitrogen and oxygen atoms in total. The second-order valence-corrected chi connectivity index (χ2v) is 5.09. The van der Waals surface area contributed by atoms with E-state index in [0.717, 1.165) is 29.8 Å². The van der Waals surface area contributed by atoms with Crippen LogP contribution in [0.15, 0.2) is 18.2 Å². The topological polar surface area (TPSA) is 50.4 Å². The van der Waals surface area contributed by atoms with Crippen LogP contribution in [0.2, 0.25) is 0 Å². The molecule has 112 valence electrons. The van der Waals surface area contributed by atoms with Crippen LogP contribution in [0.25, 0.3) is 0 Å². The molecule has 0 aliphatic carbocycles. The van der Waals surface area contributed by atoms with Crippen molar-refractivity contribution in [1.29, 1.82) is 0 Å². The van der Waals surface area contributed by atoms with Gasteiger partial charge in [0.1, 0.15) is 5.75 Å². The van der Waals surface area contributed by atoms with Gasteiger partial charge in [0.05, 0.1) is 18.8 Å². The van der Waals surface area contributed by atoms with Crippen molar-refractivity contribution in [2.75, 3.05) is 18.5 Å². The van der Waals surface area contributed by atoms with Crippen LogP contribution in [0, 0.1) is 6.92 Å². The van der Waals surface area contributed by atoms with Crippen molar-refractivity contribution in [1.82, 2.24) is 5.32 Å². The molecule has 0 aliphatic heterocycles. The molecule has 0 aromatic heterocycles. The van der Waals surface area contributed by atoms with Gasteiger partial charge in [-0.3, -0.25) is 4.79 Å². The van der Waals surface area contributed by atoms with Gasteiger partial charge in [-0.25, -0.2) is 0 Å². The maximum absolute atomic E-state index is 11.9. The first-order valence-corrected chi connectivity index (χ1v) is 7.33. The Morgan fingerprint density at radius 3 is 2.75 bits per heavy atom. The maximum atomic E-state index is 11.9. The largest absolute Gasteiger partial charge is 0.491 e. The maximum Gasteiger partial charge on any atom is 0.238 e. The van der Waals surface area contributed by atoms with Crippen LogP contribution in [-0.2, 0) is 4.79 Å². The number of nitrogens with one attached hydrogen (secondary N) is 2. The molecule has 1 amide bonds. The first kappa shape index (κ1) is 16.5. The molecule has 4 heteroatoms. The summed E-state index contributed by atoms with van der Waals surface area (Å²) in [5, 5.41) is 6.07. The predicted octanol–water partition coefficient (Wildman–Crippen LogP) is 3.11. The summed E-state index contributed by atoms with van der Waals surface area (Å²) in [5.74, 6) is 0.694. The second kappa shape index (κ2) is 8.59. The highest BCUT2D eigenvalue weighted by atomic mass is 16.5. The van der Waals surface area contributed by atoms with E-state index in [9.17, 15) is 4.79 Å². The highest BCUT2D eigenvalue weighted by Crippen LogP contribution is 2.25. The van der Waals surface area contributed by atoms with Crippen molar-refractivity contribution in [3.05, 3.63) is 23.8 Å². The van der Waals surface area contributed by atoms with Gasteiger partial charge in [0.2, 0.25) is 5.91 Å². The number of rotatable bonds is 8. The monoisotopic (exact) mass is 278 g/mol. The number of hydrogen-bond acceptors (Lipinski definition) is 3. The molecule has 0 bridgehead atoms. The fourth-order valence-electron chi connectivity index (χ4n) is 1.67. The Labute approximate surface area is 121 Å². The van der Waals surface area contributed by atoms with Crippen molar-refractivity contribution in [2.45, 2.75) is 46.6 Å². The van der Waals surface area contributed by atoms with E-state index in [1.807, 2.05) is 25.1 Å². The number of anilines is 1. The highest BCUT2D eigenvalue weighted by Gasteiger charge is 2.09. The smallest absolute Gasteiger partial charge is 0.238 e. The van der Waals surface area contributed by atoms with E-state index in [1.165, 1.54) is 0 Å². The van der Waals surface area contributed by atoms with Crippen LogP contribution in [0.5, 0.6) is 5.75 Å². The molecule has 1 aromatic rings. The quantitative estimate of drug-likeness (QED) is 0.768. The van der Waals surface area contributed by atoms with E-state index in [1.54, 1.807) is 0 Å². The first-order valence-electron chi connectivity index (χ1n) is 7.33. The fourth-order valence-corrected chi connectivity index (χ4v) is 1.67. The lowest BCUT2D eigenvalue weighted by Crippen LogP contribution is -2.34. The summed E-state index contributed by atoms with van der Waals surface area (Å²) in [4.78, 5) is 11.9. The number of benzene rings is 1. The van der Waals surface area contributed by atoms with Gasteiger partial charge in [-0.15, -0.1) is 0 Å². The summed E-state index contributed by atoms with van der Waals surface area (Å²) >= 11 is 0. The molecule has 0 saturated heterocycles. The third-order valence-corrected chi connectivity index (χ3v) is 3.10. The molecule has 1 rings (SSSR count). The highest BCUT2D eigenvalue weighted by molar-refractivity contribution is 5.93. The molecule has 1 aromatic carbocycles. The number of carbonyl (C=O) groups excluding carboxylic acids is 1. The lowest BCUT2D eigenvalue weighted by Gasteiger charge is -2.14. The lowest BCUT2D eigenvalue weighted by atomic mass is 10.2. The molecule has 0 radical (unpaired) electrons. The molecule has 0 heterocycles. The molecule has 0 aliphatic rings. The fraction of sp³-hybridized carbons (Fsp3) is 0.562. The van der Waals surface area contributed by atoms with Crippen LogP contribution in [-0.4, -0.2) is 25.1 Å². The molecular weight excluding hydrogens is 252 g/mol. The number of carbonyl (C=O) groups is 1. The standard InChI is InChI=1S/C16H26N2O2/c1-5-9-20-15-10-12(3)7-8-14(15)18-16(19)11-17-13(4)6-2/h7-8,10,13,17H,5-6,9,11H2,1-4H3,(H,18,19). The van der Waals surface area contributed by atoms with Gasteiger partial charge >= 0.3 is 0 Å². The Morgan fingerprint density at radius 2 is 2.10 bits per heavy atom. The summed E-state index contributed by atoms with van der Waals surface area (Å²) in [6, 6.07) is 6.15. The SMILES string of the molecule is CCCOc1cc(C)ccc1NC(=O)CNC(C)CC. The van der Waals surface area contributed by atoms with Gasteiger partial charge in [0.25, 0.3) is 0 Å². The number of hydrogen-bond donors (Lipinski definition) is 2. The first-order chi connectivity index (χ1) is 9.56. The minimum absolute atomic E-state index is 0.0458. The third kappa shape index (κ3) is 5.61. The Bertz CT molecular complexity index is 432. The predicted molar refractivity (Wildman–Crippen MR) is 83.4 cm³/mol. The van der Waals surface area contributed by atoms with Crippen LogP contribution in [0.4, 0.5) is 5.69 Å². The molecule has 0 saturated carbocycles. The van der Waals surface area contributed by atoms with Gasteiger partial charge in [-0.2, -0.15) is 0 Å². The van der Waals surface area contributed by atoms with Gasteiger partial charge in [0.15, 0.2) is 0 Å². The van der Waals surface area contributed by atoms with E-state index < -0.39 is 0 Å². The zero-order valence-corrected chi connectivity index (χ0v) is 13.0. The Balaban J connectivity index is 2.63.